The fourth-order valence-electron chi connectivity index (χ4n) is 14.0. The van der Waals surface area contributed by atoms with Crippen LogP contribution in [0.25, 0.3) is 66.1 Å². The monoisotopic (exact) mass is 1030 g/mol. The SMILES string of the molecule is Cc1cc(-c2ccccc2)cc(N(c2ccc(C(C)C)cc2)c2ccc3c(c2)C2(c4ccc5ccccc5c4C(C)C2C)c2cc(N(c4ccc(C(C)C)cc4)c4ccc(C)c(-c5ccccc5)c4)c4c(oc5ccccc54)c2-3)c1. The Kier molecular flexibility index (Phi) is 11.8. The van der Waals surface area contributed by atoms with Crippen LogP contribution in [0, 0.1) is 19.8 Å². The van der Waals surface area contributed by atoms with Crippen LogP contribution in [0.15, 0.2) is 235 Å². The van der Waals surface area contributed by atoms with E-state index in [0.717, 1.165) is 56.1 Å². The molecule has 14 rings (SSSR count). The molecule has 0 saturated carbocycles. The molecule has 3 atom stereocenters. The molecule has 1 spiro atoms. The largest absolute Gasteiger partial charge is 0.455 e. The van der Waals surface area contributed by atoms with Crippen LogP contribution in [-0.4, -0.2) is 0 Å². The topological polar surface area (TPSA) is 19.6 Å². The van der Waals surface area contributed by atoms with Crippen molar-refractivity contribution in [2.45, 2.75) is 78.6 Å². The van der Waals surface area contributed by atoms with Crippen LogP contribution < -0.4 is 9.80 Å². The van der Waals surface area contributed by atoms with Crippen molar-refractivity contribution in [3.05, 3.63) is 275 Å². The van der Waals surface area contributed by atoms with Crippen molar-refractivity contribution in [2.75, 3.05) is 9.80 Å². The number of benzene rings is 11. The molecule has 12 aromatic rings. The van der Waals surface area contributed by atoms with E-state index >= 15 is 0 Å². The van der Waals surface area contributed by atoms with Gasteiger partial charge in [-0.15, -0.1) is 0 Å². The van der Waals surface area contributed by atoms with E-state index in [1.807, 2.05) is 0 Å². The van der Waals surface area contributed by atoms with Gasteiger partial charge in [0.15, 0.2) is 0 Å². The van der Waals surface area contributed by atoms with Crippen molar-refractivity contribution in [1.82, 2.24) is 0 Å². The van der Waals surface area contributed by atoms with Gasteiger partial charge < -0.3 is 14.2 Å². The van der Waals surface area contributed by atoms with Gasteiger partial charge in [-0.3, -0.25) is 0 Å². The van der Waals surface area contributed by atoms with Gasteiger partial charge in [0.25, 0.3) is 0 Å². The summed E-state index contributed by atoms with van der Waals surface area (Å²) >= 11 is 0. The van der Waals surface area contributed by atoms with E-state index in [4.69, 9.17) is 4.42 Å². The Morgan fingerprint density at radius 2 is 1.04 bits per heavy atom. The average molecular weight is 1040 g/mol. The van der Waals surface area contributed by atoms with Gasteiger partial charge >= 0.3 is 0 Å². The minimum atomic E-state index is -0.577. The highest BCUT2D eigenvalue weighted by atomic mass is 16.3. The molecular weight excluding hydrogens is 969 g/mol. The van der Waals surface area contributed by atoms with E-state index in [0.29, 0.717) is 11.8 Å². The van der Waals surface area contributed by atoms with Gasteiger partial charge in [0.05, 0.1) is 16.5 Å². The van der Waals surface area contributed by atoms with Crippen LogP contribution in [0.5, 0.6) is 0 Å². The number of fused-ring (bicyclic) bond motifs is 13. The third-order valence-electron chi connectivity index (χ3n) is 18.2. The lowest BCUT2D eigenvalue weighted by molar-refractivity contribution is 0.401. The lowest BCUT2D eigenvalue weighted by Crippen LogP contribution is -2.32. The molecule has 3 heteroatoms. The Balaban J connectivity index is 1.09. The molecule has 0 N–H and O–H groups in total. The van der Waals surface area contributed by atoms with Crippen molar-refractivity contribution in [2.24, 2.45) is 5.92 Å². The van der Waals surface area contributed by atoms with Crippen LogP contribution >= 0.6 is 0 Å². The van der Waals surface area contributed by atoms with Crippen LogP contribution in [-0.2, 0) is 5.41 Å². The number of furan rings is 1. The summed E-state index contributed by atoms with van der Waals surface area (Å²) in [6, 6.07) is 86.8. The van der Waals surface area contributed by atoms with Gasteiger partial charge in [-0.25, -0.2) is 0 Å². The summed E-state index contributed by atoms with van der Waals surface area (Å²) in [5.41, 5.74) is 25.6. The van der Waals surface area contributed by atoms with Gasteiger partial charge in [0, 0.05) is 39.4 Å². The summed E-state index contributed by atoms with van der Waals surface area (Å²) in [7, 11) is 0. The molecule has 0 bridgehead atoms. The number of nitrogens with zero attached hydrogens (tertiary/aromatic N) is 2. The molecular formula is C77H66N2O. The molecule has 2 aliphatic rings. The number of hydrogen-bond acceptors (Lipinski definition) is 3. The van der Waals surface area contributed by atoms with Crippen LogP contribution in [0.4, 0.5) is 34.1 Å². The smallest absolute Gasteiger partial charge is 0.145 e. The number of hydrogen-bond donors (Lipinski definition) is 0. The summed E-state index contributed by atoms with van der Waals surface area (Å²) in [5.74, 6) is 1.18. The van der Waals surface area contributed by atoms with Gasteiger partial charge in [-0.2, -0.15) is 0 Å². The molecule has 2 aliphatic carbocycles. The average Bonchev–Trinajstić information content (AvgIpc) is 4.07. The summed E-state index contributed by atoms with van der Waals surface area (Å²) in [6.07, 6.45) is 0. The molecule has 0 fully saturated rings. The van der Waals surface area contributed by atoms with E-state index in [1.165, 1.54) is 88.7 Å². The van der Waals surface area contributed by atoms with Crippen molar-refractivity contribution in [3.63, 3.8) is 0 Å². The van der Waals surface area contributed by atoms with E-state index in [-0.39, 0.29) is 11.8 Å². The van der Waals surface area contributed by atoms with E-state index in [2.05, 4.69) is 296 Å². The minimum absolute atomic E-state index is 0.151. The highest BCUT2D eigenvalue weighted by Crippen LogP contribution is 2.68. The van der Waals surface area contributed by atoms with Gasteiger partial charge in [0.1, 0.15) is 11.2 Å². The quantitative estimate of drug-likeness (QED) is 0.136. The Labute approximate surface area is 471 Å². The zero-order valence-corrected chi connectivity index (χ0v) is 47.1. The molecule has 3 nitrogen and oxygen atoms in total. The zero-order chi connectivity index (χ0) is 54.6. The fraction of sp³-hybridized carbons (Fsp3) is 0.169. The molecule has 0 radical (unpaired) electrons. The lowest BCUT2D eigenvalue weighted by Gasteiger charge is -2.36. The van der Waals surface area contributed by atoms with Crippen molar-refractivity contribution in [1.29, 1.82) is 0 Å². The molecule has 1 heterocycles. The number of aryl methyl sites for hydroxylation is 2. The summed E-state index contributed by atoms with van der Waals surface area (Å²) in [4.78, 5) is 5.02. The predicted molar refractivity (Wildman–Crippen MR) is 338 cm³/mol. The summed E-state index contributed by atoms with van der Waals surface area (Å²) in [5, 5.41) is 4.82. The van der Waals surface area contributed by atoms with Crippen LogP contribution in [0.1, 0.15) is 104 Å². The standard InChI is InChI=1S/C77H66N2O/c1-47(2)53-28-34-59(35-29-53)78(63-42-49(5)41-58(43-63)55-19-11-9-12-20-55)62-38-39-65-69(45-62)77(52(8)51(7)73-64-24-16-15-23-57(64)32-40-68(73)77)70-46-71(75-66-25-17-18-26-72(66)80-76(75)74(65)70)79(60-36-30-54(31-37-60)48(3)4)61-33-27-50(6)67(44-61)56-21-13-10-14-22-56/h9-48,51-52H,1-8H3. The molecule has 0 saturated heterocycles. The summed E-state index contributed by atoms with van der Waals surface area (Å²) in [6.45, 7) is 18.6. The maximum atomic E-state index is 7.48. The summed E-state index contributed by atoms with van der Waals surface area (Å²) < 4.78 is 7.48. The molecule has 11 aromatic carbocycles. The normalized spacial score (nSPS) is 16.3. The maximum absolute atomic E-state index is 7.48. The van der Waals surface area contributed by atoms with Crippen molar-refractivity contribution >= 4 is 66.8 Å². The van der Waals surface area contributed by atoms with Crippen molar-refractivity contribution in [3.8, 4) is 33.4 Å². The van der Waals surface area contributed by atoms with Crippen LogP contribution in [0.2, 0.25) is 0 Å². The highest BCUT2D eigenvalue weighted by Gasteiger charge is 2.57. The maximum Gasteiger partial charge on any atom is 0.145 e. The fourth-order valence-corrected chi connectivity index (χ4v) is 14.0. The van der Waals surface area contributed by atoms with Gasteiger partial charge in [-0.05, 0) is 193 Å². The Hall–Kier alpha value is -8.92. The van der Waals surface area contributed by atoms with E-state index < -0.39 is 5.41 Å². The second kappa shape index (κ2) is 19.2. The molecule has 1 aromatic heterocycles. The van der Waals surface area contributed by atoms with Crippen molar-refractivity contribution < 1.29 is 4.42 Å². The minimum Gasteiger partial charge on any atom is -0.455 e. The van der Waals surface area contributed by atoms with Gasteiger partial charge in [0.2, 0.25) is 0 Å². The molecule has 80 heavy (non-hydrogen) atoms. The van der Waals surface area contributed by atoms with Crippen LogP contribution in [0.3, 0.4) is 0 Å². The third-order valence-corrected chi connectivity index (χ3v) is 18.2. The zero-order valence-electron chi connectivity index (χ0n) is 47.1. The molecule has 0 aliphatic heterocycles. The predicted octanol–water partition coefficient (Wildman–Crippen LogP) is 21.9. The Morgan fingerprint density at radius 3 is 1.74 bits per heavy atom. The first kappa shape index (κ1) is 49.4. The number of para-hydroxylation sites is 1. The Morgan fingerprint density at radius 1 is 0.438 bits per heavy atom. The first-order valence-electron chi connectivity index (χ1n) is 28.8. The third kappa shape index (κ3) is 7.69. The second-order valence-electron chi connectivity index (χ2n) is 23.4. The first-order chi connectivity index (χ1) is 39.0. The Bertz CT molecular complexity index is 4360. The second-order valence-corrected chi connectivity index (χ2v) is 23.4. The van der Waals surface area contributed by atoms with E-state index in [1.54, 1.807) is 0 Å². The number of rotatable bonds is 10. The van der Waals surface area contributed by atoms with E-state index in [9.17, 15) is 0 Å². The molecule has 0 amide bonds. The van der Waals surface area contributed by atoms with Gasteiger partial charge in [-0.1, -0.05) is 199 Å². The molecule has 3 unspecified atom stereocenters. The number of anilines is 6. The lowest BCUT2D eigenvalue weighted by atomic mass is 9.67. The first-order valence-corrected chi connectivity index (χ1v) is 28.8. The highest BCUT2D eigenvalue weighted by molar-refractivity contribution is 6.19. The molecule has 390 valence electrons.